The highest BCUT2D eigenvalue weighted by atomic mass is 16.4. The van der Waals surface area contributed by atoms with Gasteiger partial charge in [0.25, 0.3) is 0 Å². The number of benzene rings is 3. The zero-order valence-corrected chi connectivity index (χ0v) is 46.2. The predicted molar refractivity (Wildman–Crippen MR) is 302 cm³/mol. The Kier molecular flexibility index (Phi) is 26.7. The number of carbonyl (C=O) groups is 11. The van der Waals surface area contributed by atoms with Crippen molar-refractivity contribution in [3.05, 3.63) is 120 Å². The fourth-order valence-electron chi connectivity index (χ4n) is 8.36. The number of primary amides is 1. The van der Waals surface area contributed by atoms with Crippen molar-refractivity contribution in [1.82, 2.24) is 52.5 Å². The van der Waals surface area contributed by atoms with Gasteiger partial charge in [0.1, 0.15) is 48.0 Å². The van der Waals surface area contributed by atoms with Crippen molar-refractivity contribution in [2.75, 3.05) is 13.1 Å². The molecule has 3 aromatic carbocycles. The van der Waals surface area contributed by atoms with E-state index in [1.807, 2.05) is 0 Å². The van der Waals surface area contributed by atoms with Gasteiger partial charge in [0.15, 0.2) is 5.96 Å². The highest BCUT2D eigenvalue weighted by molar-refractivity contribution is 5.99. The van der Waals surface area contributed by atoms with Crippen molar-refractivity contribution in [3.8, 4) is 5.75 Å². The maximum absolute atomic E-state index is 14.3. The van der Waals surface area contributed by atoms with Crippen LogP contribution in [0, 0.1) is 5.92 Å². The standard InChI is InChI=1S/C55H73N15O14/c1-30(2)20-39(51(81)65-37(14-9-19-61-55(58)59)50(80)66-38(47(57)77)22-32-12-7-4-8-13-32)68-52(82)41(24-34-27-60-29-63-34)64-44(72)28-62-49(79)40(23-33-15-17-35(71)18-16-33)69-54(84)43(26-46(75)76)70-53(83)42(25-45(73)74)67-48(78)36(56)21-31-10-5-3-6-11-31/h3-8,10-13,15-18,27,29-30,36-43,71H,9,14,19-26,28,56H2,1-2H3,(H2,57,77)(H,60,63)(H,62,79)(H,64,72)(H,65,81)(H,66,80)(H,67,78)(H,68,82)(H,69,84)(H,70,83)(H,73,74)(H,75,76)(H4,58,59,61)/t36-,37-,38-,39-,40-,41-,42-,43-/m0/s1. The number of carboxylic acid groups (broad SMARTS) is 2. The molecule has 29 heteroatoms. The first-order chi connectivity index (χ1) is 39.9. The zero-order chi connectivity index (χ0) is 61.9. The number of amides is 9. The number of aromatic hydroxyl groups is 1. The van der Waals surface area contributed by atoms with Crippen LogP contribution < -0.4 is 65.5 Å². The summed E-state index contributed by atoms with van der Waals surface area (Å²) in [6, 6.07) is 10.6. The number of aromatic nitrogens is 2. The molecule has 0 aliphatic rings. The van der Waals surface area contributed by atoms with Crippen LogP contribution in [0.2, 0.25) is 0 Å². The van der Waals surface area contributed by atoms with E-state index in [2.05, 4.69) is 57.5 Å². The van der Waals surface area contributed by atoms with Gasteiger partial charge in [-0.2, -0.15) is 0 Å². The molecule has 452 valence electrons. The number of guanidine groups is 1. The lowest BCUT2D eigenvalue weighted by Crippen LogP contribution is -2.59. The molecule has 84 heavy (non-hydrogen) atoms. The number of aromatic amines is 1. The quantitative estimate of drug-likeness (QED) is 0.0122. The van der Waals surface area contributed by atoms with Crippen molar-refractivity contribution < 1.29 is 68.1 Å². The Morgan fingerprint density at radius 2 is 1.01 bits per heavy atom. The van der Waals surface area contributed by atoms with Crippen LogP contribution in [-0.4, -0.2) is 158 Å². The molecule has 29 nitrogen and oxygen atoms in total. The van der Waals surface area contributed by atoms with Crippen LogP contribution in [0.3, 0.4) is 0 Å². The van der Waals surface area contributed by atoms with Crippen LogP contribution in [-0.2, 0) is 78.4 Å². The molecular formula is C55H73N15O14. The van der Waals surface area contributed by atoms with Crippen LogP contribution in [0.4, 0.5) is 0 Å². The summed E-state index contributed by atoms with van der Waals surface area (Å²) in [5, 5.41) is 48.9. The van der Waals surface area contributed by atoms with Crippen LogP contribution >= 0.6 is 0 Å². The molecule has 1 heterocycles. The summed E-state index contributed by atoms with van der Waals surface area (Å²) in [4.78, 5) is 158. The number of aliphatic carboxylic acids is 2. The van der Waals surface area contributed by atoms with Gasteiger partial charge in [0.2, 0.25) is 53.2 Å². The second-order valence-electron chi connectivity index (χ2n) is 20.0. The Morgan fingerprint density at radius 3 is 1.55 bits per heavy atom. The maximum Gasteiger partial charge on any atom is 0.305 e. The Bertz CT molecular complexity index is 2910. The number of carboxylic acids is 2. The van der Waals surface area contributed by atoms with Gasteiger partial charge in [-0.05, 0) is 60.4 Å². The lowest BCUT2D eigenvalue weighted by molar-refractivity contribution is -0.143. The first-order valence-electron chi connectivity index (χ1n) is 26.6. The molecule has 20 N–H and O–H groups in total. The maximum atomic E-state index is 14.3. The molecule has 0 spiro atoms. The number of hydrogen-bond donors (Lipinski definition) is 16. The summed E-state index contributed by atoms with van der Waals surface area (Å²) in [6.07, 6.45) is 0.205. The van der Waals surface area contributed by atoms with Crippen LogP contribution in [0.5, 0.6) is 5.75 Å². The van der Waals surface area contributed by atoms with Gasteiger partial charge in [-0.1, -0.05) is 86.6 Å². The molecular weight excluding hydrogens is 1090 g/mol. The van der Waals surface area contributed by atoms with E-state index in [1.165, 1.54) is 36.8 Å². The largest absolute Gasteiger partial charge is 0.508 e. The zero-order valence-electron chi connectivity index (χ0n) is 46.2. The molecule has 0 bridgehead atoms. The lowest BCUT2D eigenvalue weighted by atomic mass is 10.0. The second kappa shape index (κ2) is 33.7. The Balaban J connectivity index is 1.52. The number of phenols is 1. The Labute approximate surface area is 482 Å². The van der Waals surface area contributed by atoms with E-state index in [0.717, 1.165) is 0 Å². The normalized spacial score (nSPS) is 13.8. The summed E-state index contributed by atoms with van der Waals surface area (Å²) < 4.78 is 0. The number of H-pyrrole nitrogens is 1. The Morgan fingerprint density at radius 1 is 0.548 bits per heavy atom. The second-order valence-corrected chi connectivity index (χ2v) is 20.0. The van der Waals surface area contributed by atoms with E-state index >= 15 is 0 Å². The number of rotatable bonds is 35. The molecule has 4 aromatic rings. The topological polar surface area (TPSA) is 490 Å². The van der Waals surface area contributed by atoms with Gasteiger partial charge in [-0.15, -0.1) is 0 Å². The molecule has 1 aromatic heterocycles. The number of nitrogens with one attached hydrogen (secondary N) is 9. The summed E-state index contributed by atoms with van der Waals surface area (Å²) >= 11 is 0. The molecule has 4 rings (SSSR count). The van der Waals surface area contributed by atoms with E-state index in [9.17, 15) is 68.1 Å². The number of nitrogens with zero attached hydrogens (tertiary/aromatic N) is 2. The van der Waals surface area contributed by atoms with Crippen LogP contribution in [0.15, 0.2) is 102 Å². The van der Waals surface area contributed by atoms with Crippen molar-refractivity contribution >= 4 is 71.1 Å². The molecule has 0 saturated heterocycles. The van der Waals surface area contributed by atoms with E-state index in [0.29, 0.717) is 22.4 Å². The Hall–Kier alpha value is -9.93. The fourth-order valence-corrected chi connectivity index (χ4v) is 8.36. The first-order valence-corrected chi connectivity index (χ1v) is 26.6. The third-order valence-electron chi connectivity index (χ3n) is 12.6. The SMILES string of the molecule is CC(C)C[C@H](NC(=O)[C@H](Cc1cnc[nH]1)NC(=O)CNC(=O)[C@H](Cc1ccc(O)cc1)NC(=O)[C@H](CC(=O)O)NC(=O)[C@H](CC(=O)O)NC(=O)[C@@H](N)Cc1ccccc1)C(=O)N[C@@H](CCCN=C(N)N)C(=O)N[C@@H](Cc1ccccc1)C(N)=O. The molecule has 0 aliphatic heterocycles. The average molecular weight is 1170 g/mol. The lowest BCUT2D eigenvalue weighted by Gasteiger charge is -2.27. The number of aliphatic imine (C=N–C) groups is 1. The van der Waals surface area contributed by atoms with Gasteiger partial charge in [0, 0.05) is 37.7 Å². The number of carbonyl (C=O) groups excluding carboxylic acids is 9. The minimum atomic E-state index is -1.99. The van der Waals surface area contributed by atoms with Gasteiger partial charge < -0.3 is 85.8 Å². The number of nitrogens with two attached hydrogens (primary N) is 4. The molecule has 0 radical (unpaired) electrons. The van der Waals surface area contributed by atoms with E-state index < -0.39 is 133 Å². The van der Waals surface area contributed by atoms with Gasteiger partial charge >= 0.3 is 11.9 Å². The third kappa shape index (κ3) is 24.0. The fraction of sp³-hybridized carbons (Fsp3) is 0.400. The summed E-state index contributed by atoms with van der Waals surface area (Å²) in [5.41, 5.74) is 24.7. The minimum absolute atomic E-state index is 0.000247. The van der Waals surface area contributed by atoms with Gasteiger partial charge in [-0.25, -0.2) is 4.98 Å². The molecule has 9 amide bonds. The van der Waals surface area contributed by atoms with Crippen molar-refractivity contribution in [2.45, 2.75) is 120 Å². The summed E-state index contributed by atoms with van der Waals surface area (Å²) in [7, 11) is 0. The first kappa shape index (κ1) is 66.6. The van der Waals surface area contributed by atoms with E-state index in [-0.39, 0.29) is 69.1 Å². The highest BCUT2D eigenvalue weighted by Gasteiger charge is 2.35. The number of hydrogen-bond acceptors (Lipinski definition) is 15. The van der Waals surface area contributed by atoms with Gasteiger partial charge in [0.05, 0.1) is 31.8 Å². The third-order valence-corrected chi connectivity index (χ3v) is 12.6. The molecule has 0 aliphatic carbocycles. The monoisotopic (exact) mass is 1170 g/mol. The molecule has 0 fully saturated rings. The molecule has 0 unspecified atom stereocenters. The van der Waals surface area contributed by atoms with Crippen LogP contribution in [0.25, 0.3) is 0 Å². The smallest absolute Gasteiger partial charge is 0.305 e. The highest BCUT2D eigenvalue weighted by Crippen LogP contribution is 2.14. The van der Waals surface area contributed by atoms with E-state index in [1.54, 1.807) is 74.5 Å². The van der Waals surface area contributed by atoms with E-state index in [4.69, 9.17) is 22.9 Å². The summed E-state index contributed by atoms with van der Waals surface area (Å²) in [5.74, 6) is -12.6. The summed E-state index contributed by atoms with van der Waals surface area (Å²) in [6.45, 7) is 2.76. The van der Waals surface area contributed by atoms with Gasteiger partial charge in [-0.3, -0.25) is 57.7 Å². The van der Waals surface area contributed by atoms with Crippen molar-refractivity contribution in [2.24, 2.45) is 33.8 Å². The average Bonchev–Trinajstić information content (AvgIpc) is 4.10. The van der Waals surface area contributed by atoms with Crippen LogP contribution in [0.1, 0.15) is 68.3 Å². The minimum Gasteiger partial charge on any atom is -0.508 e. The number of imidazole rings is 1. The van der Waals surface area contributed by atoms with Crippen molar-refractivity contribution in [1.29, 1.82) is 0 Å². The number of phenolic OH excluding ortho intramolecular Hbond substituents is 1. The van der Waals surface area contributed by atoms with Crippen molar-refractivity contribution in [3.63, 3.8) is 0 Å². The molecule has 8 atom stereocenters. The molecule has 0 saturated carbocycles. The predicted octanol–water partition coefficient (Wildman–Crippen LogP) is -3.24.